The van der Waals surface area contributed by atoms with Gasteiger partial charge in [-0.1, -0.05) is 6.07 Å². The molecule has 4 rings (SSSR count). The van der Waals surface area contributed by atoms with Crippen molar-refractivity contribution in [1.82, 2.24) is 24.3 Å². The molecule has 26 heavy (non-hydrogen) atoms. The van der Waals surface area contributed by atoms with Crippen molar-refractivity contribution in [3.05, 3.63) is 47.0 Å². The van der Waals surface area contributed by atoms with Crippen molar-refractivity contribution in [2.24, 2.45) is 7.05 Å². The molecule has 3 aromatic heterocycles. The molecule has 1 aliphatic heterocycles. The van der Waals surface area contributed by atoms with E-state index in [4.69, 9.17) is 0 Å². The minimum absolute atomic E-state index is 0.0752. The van der Waals surface area contributed by atoms with E-state index in [9.17, 15) is 4.79 Å². The maximum Gasteiger partial charge on any atom is 0.263 e. The van der Waals surface area contributed by atoms with Gasteiger partial charge in [-0.25, -0.2) is 9.97 Å². The number of rotatable bonds is 4. The second-order valence-electron chi connectivity index (χ2n) is 7.15. The topological polar surface area (TPSA) is 54.3 Å². The highest BCUT2D eigenvalue weighted by Gasteiger charge is 2.31. The lowest BCUT2D eigenvalue weighted by Gasteiger charge is -2.17. The Hall–Kier alpha value is -2.25. The molecule has 1 aliphatic rings. The molecular formula is C19H23N5OS. The number of hydrogen-bond acceptors (Lipinski definition) is 5. The number of hydrogen-bond donors (Lipinski definition) is 0. The summed E-state index contributed by atoms with van der Waals surface area (Å²) in [6, 6.07) is 4.06. The monoisotopic (exact) mass is 369 g/mol. The lowest BCUT2D eigenvalue weighted by molar-refractivity contribution is 0.0831. The summed E-state index contributed by atoms with van der Waals surface area (Å²) in [4.78, 5) is 27.6. The molecule has 1 fully saturated rings. The standard InChI is InChI=1S/C19H23N5OS/c1-22(2)19(25)17-16(15-5-4-7-20-18(15)26-17)13-6-8-24(9-13)11-14-10-23(3)12-21-14/h4-5,7,10,12-13H,6,8-9,11H2,1-3H3. The first-order chi connectivity index (χ1) is 12.5. The molecule has 1 atom stereocenters. The summed E-state index contributed by atoms with van der Waals surface area (Å²) in [6.07, 6.45) is 6.77. The number of fused-ring (bicyclic) bond motifs is 1. The van der Waals surface area contributed by atoms with Crippen LogP contribution in [0.4, 0.5) is 0 Å². The van der Waals surface area contributed by atoms with Crippen LogP contribution in [-0.4, -0.2) is 57.4 Å². The van der Waals surface area contributed by atoms with Crippen LogP contribution in [0.15, 0.2) is 30.9 Å². The second kappa shape index (κ2) is 6.81. The fourth-order valence-electron chi connectivity index (χ4n) is 3.71. The van der Waals surface area contributed by atoms with Crippen molar-refractivity contribution in [3.63, 3.8) is 0 Å². The second-order valence-corrected chi connectivity index (χ2v) is 8.15. The van der Waals surface area contributed by atoms with Crippen LogP contribution in [0.5, 0.6) is 0 Å². The molecule has 6 nitrogen and oxygen atoms in total. The summed E-state index contributed by atoms with van der Waals surface area (Å²) in [7, 11) is 5.62. The molecule has 0 radical (unpaired) electrons. The lowest BCUT2D eigenvalue weighted by atomic mass is 9.95. The van der Waals surface area contributed by atoms with E-state index in [1.165, 1.54) is 16.9 Å². The van der Waals surface area contributed by atoms with Crippen molar-refractivity contribution in [1.29, 1.82) is 0 Å². The first kappa shape index (κ1) is 17.2. The largest absolute Gasteiger partial charge is 0.344 e. The van der Waals surface area contributed by atoms with Crippen LogP contribution in [0.1, 0.15) is 33.3 Å². The van der Waals surface area contributed by atoms with Gasteiger partial charge in [-0.2, -0.15) is 0 Å². The van der Waals surface area contributed by atoms with E-state index in [0.29, 0.717) is 5.92 Å². The number of pyridine rings is 1. The van der Waals surface area contributed by atoms with Crippen molar-refractivity contribution < 1.29 is 4.79 Å². The molecule has 0 bridgehead atoms. The molecule has 1 amide bonds. The smallest absolute Gasteiger partial charge is 0.263 e. The van der Waals surface area contributed by atoms with Crippen LogP contribution in [0.3, 0.4) is 0 Å². The van der Waals surface area contributed by atoms with Gasteiger partial charge < -0.3 is 9.47 Å². The maximum absolute atomic E-state index is 12.7. The van der Waals surface area contributed by atoms with Gasteiger partial charge in [0.1, 0.15) is 4.83 Å². The number of carbonyl (C=O) groups is 1. The van der Waals surface area contributed by atoms with Gasteiger partial charge in [0.15, 0.2) is 0 Å². The summed E-state index contributed by atoms with van der Waals surface area (Å²) in [5, 5.41) is 1.13. The third-order valence-electron chi connectivity index (χ3n) is 4.93. The van der Waals surface area contributed by atoms with E-state index >= 15 is 0 Å². The van der Waals surface area contributed by atoms with Gasteiger partial charge in [-0.15, -0.1) is 11.3 Å². The zero-order valence-electron chi connectivity index (χ0n) is 15.3. The number of thiophene rings is 1. The van der Waals surface area contributed by atoms with E-state index in [2.05, 4.69) is 27.1 Å². The highest BCUT2D eigenvalue weighted by atomic mass is 32.1. The van der Waals surface area contributed by atoms with Crippen LogP contribution in [-0.2, 0) is 13.6 Å². The molecule has 0 spiro atoms. The van der Waals surface area contributed by atoms with Crippen molar-refractivity contribution in [3.8, 4) is 0 Å². The van der Waals surface area contributed by atoms with Gasteiger partial charge >= 0.3 is 0 Å². The lowest BCUT2D eigenvalue weighted by Crippen LogP contribution is -2.23. The highest BCUT2D eigenvalue weighted by molar-refractivity contribution is 7.20. The van der Waals surface area contributed by atoms with E-state index in [-0.39, 0.29) is 5.91 Å². The third kappa shape index (κ3) is 3.12. The van der Waals surface area contributed by atoms with E-state index < -0.39 is 0 Å². The average Bonchev–Trinajstić information content (AvgIpc) is 3.32. The molecule has 0 N–H and O–H groups in total. The molecule has 7 heteroatoms. The Morgan fingerprint density at radius 3 is 2.96 bits per heavy atom. The summed E-state index contributed by atoms with van der Waals surface area (Å²) in [5.41, 5.74) is 2.27. The Bertz CT molecular complexity index is 944. The molecule has 0 aromatic carbocycles. The molecule has 136 valence electrons. The van der Waals surface area contributed by atoms with Gasteiger partial charge in [0.05, 0.1) is 16.9 Å². The molecule has 0 saturated carbocycles. The van der Waals surface area contributed by atoms with Gasteiger partial charge in [0.2, 0.25) is 0 Å². The molecule has 0 aliphatic carbocycles. The van der Waals surface area contributed by atoms with Crippen molar-refractivity contribution in [2.45, 2.75) is 18.9 Å². The predicted molar refractivity (Wildman–Crippen MR) is 103 cm³/mol. The number of aryl methyl sites for hydroxylation is 1. The van der Waals surface area contributed by atoms with Gasteiger partial charge in [0, 0.05) is 57.9 Å². The van der Waals surface area contributed by atoms with Crippen LogP contribution in [0, 0.1) is 0 Å². The molecule has 3 aromatic rings. The Labute approximate surface area is 157 Å². The van der Waals surface area contributed by atoms with E-state index in [1.807, 2.05) is 38.1 Å². The molecule has 4 heterocycles. The summed E-state index contributed by atoms with van der Waals surface area (Å²) in [5.74, 6) is 0.432. The van der Waals surface area contributed by atoms with Crippen molar-refractivity contribution >= 4 is 27.5 Å². The minimum Gasteiger partial charge on any atom is -0.344 e. The van der Waals surface area contributed by atoms with Crippen LogP contribution in [0.25, 0.3) is 10.2 Å². The van der Waals surface area contributed by atoms with E-state index in [0.717, 1.165) is 46.8 Å². The fourth-order valence-corrected chi connectivity index (χ4v) is 4.96. The summed E-state index contributed by atoms with van der Waals surface area (Å²) < 4.78 is 1.98. The predicted octanol–water partition coefficient (Wildman–Crippen LogP) is 2.72. The quantitative estimate of drug-likeness (QED) is 0.710. The molecular weight excluding hydrogens is 346 g/mol. The zero-order chi connectivity index (χ0) is 18.3. The number of carbonyl (C=O) groups excluding carboxylic acids is 1. The van der Waals surface area contributed by atoms with Crippen LogP contribution < -0.4 is 0 Å². The number of nitrogens with zero attached hydrogens (tertiary/aromatic N) is 5. The average molecular weight is 369 g/mol. The Morgan fingerprint density at radius 1 is 1.38 bits per heavy atom. The minimum atomic E-state index is 0.0752. The molecule has 1 saturated heterocycles. The van der Waals surface area contributed by atoms with Crippen LogP contribution >= 0.6 is 11.3 Å². The SMILES string of the molecule is CN(C)C(=O)c1sc2ncccc2c1C1CCN(Cc2cn(C)cn2)C1. The van der Waals surface area contributed by atoms with E-state index in [1.54, 1.807) is 11.1 Å². The van der Waals surface area contributed by atoms with Gasteiger partial charge in [-0.3, -0.25) is 9.69 Å². The fraction of sp³-hybridized carbons (Fsp3) is 0.421. The number of aromatic nitrogens is 3. The Balaban J connectivity index is 1.63. The first-order valence-electron chi connectivity index (χ1n) is 8.81. The highest BCUT2D eigenvalue weighted by Crippen LogP contribution is 2.39. The Kier molecular flexibility index (Phi) is 4.50. The number of amides is 1. The maximum atomic E-state index is 12.7. The first-order valence-corrected chi connectivity index (χ1v) is 9.63. The zero-order valence-corrected chi connectivity index (χ0v) is 16.2. The third-order valence-corrected chi connectivity index (χ3v) is 6.05. The van der Waals surface area contributed by atoms with Gasteiger partial charge in [-0.05, 0) is 24.6 Å². The normalized spacial score (nSPS) is 17.9. The number of imidazole rings is 1. The van der Waals surface area contributed by atoms with Crippen molar-refractivity contribution in [2.75, 3.05) is 27.2 Å². The summed E-state index contributed by atoms with van der Waals surface area (Å²) in [6.45, 7) is 2.83. The number of likely N-dealkylation sites (tertiary alicyclic amines) is 1. The Morgan fingerprint density at radius 2 is 2.23 bits per heavy atom. The van der Waals surface area contributed by atoms with Crippen LogP contribution in [0.2, 0.25) is 0 Å². The van der Waals surface area contributed by atoms with Gasteiger partial charge in [0.25, 0.3) is 5.91 Å². The molecule has 1 unspecified atom stereocenters. The summed E-state index contributed by atoms with van der Waals surface area (Å²) >= 11 is 1.52.